The van der Waals surface area contributed by atoms with E-state index >= 15 is 0 Å². The van der Waals surface area contributed by atoms with Crippen molar-refractivity contribution in [3.05, 3.63) is 11.7 Å². The van der Waals surface area contributed by atoms with Crippen LogP contribution in [0.15, 0.2) is 4.52 Å². The standard InChI is InChI=1S/C9H16N4O2/c1-9(2,3)5(10)4-6-12-8(7(11)14)13-15-6/h5H,4,10H2,1-3H3,(H2,11,14). The molecule has 0 bridgehead atoms. The molecule has 0 fully saturated rings. The van der Waals surface area contributed by atoms with Crippen LogP contribution in [0, 0.1) is 5.41 Å². The molecule has 0 aliphatic rings. The predicted octanol–water partition coefficient (Wildman–Crippen LogP) is 0.0844. The van der Waals surface area contributed by atoms with E-state index in [4.69, 9.17) is 16.0 Å². The Morgan fingerprint density at radius 3 is 2.53 bits per heavy atom. The fraction of sp³-hybridized carbons (Fsp3) is 0.667. The van der Waals surface area contributed by atoms with E-state index in [1.807, 2.05) is 20.8 Å². The minimum absolute atomic E-state index is 0.0542. The first kappa shape index (κ1) is 11.6. The van der Waals surface area contributed by atoms with Crippen molar-refractivity contribution in [2.24, 2.45) is 16.9 Å². The Morgan fingerprint density at radius 1 is 1.53 bits per heavy atom. The van der Waals surface area contributed by atoms with E-state index in [0.717, 1.165) is 0 Å². The lowest BCUT2D eigenvalue weighted by molar-refractivity contribution is 0.0987. The number of rotatable bonds is 3. The van der Waals surface area contributed by atoms with Crippen LogP contribution in [0.4, 0.5) is 0 Å². The lowest BCUT2D eigenvalue weighted by Crippen LogP contribution is -2.37. The highest BCUT2D eigenvalue weighted by Crippen LogP contribution is 2.19. The molecule has 0 spiro atoms. The Labute approximate surface area is 88.0 Å². The zero-order chi connectivity index (χ0) is 11.6. The molecule has 1 heterocycles. The maximum atomic E-state index is 10.7. The number of primary amides is 1. The number of nitrogens with zero attached hydrogens (tertiary/aromatic N) is 2. The smallest absolute Gasteiger partial charge is 0.290 e. The fourth-order valence-electron chi connectivity index (χ4n) is 0.932. The first-order valence-corrected chi connectivity index (χ1v) is 4.68. The van der Waals surface area contributed by atoms with E-state index in [0.29, 0.717) is 12.3 Å². The number of nitrogens with two attached hydrogens (primary N) is 2. The van der Waals surface area contributed by atoms with Crippen LogP contribution in [0.5, 0.6) is 0 Å². The van der Waals surface area contributed by atoms with Gasteiger partial charge in [0.2, 0.25) is 5.89 Å². The molecule has 1 unspecified atom stereocenters. The Balaban J connectivity index is 2.69. The molecule has 0 aromatic carbocycles. The van der Waals surface area contributed by atoms with Crippen molar-refractivity contribution in [1.29, 1.82) is 0 Å². The van der Waals surface area contributed by atoms with Gasteiger partial charge in [0.15, 0.2) is 0 Å². The molecule has 1 amide bonds. The van der Waals surface area contributed by atoms with Crippen molar-refractivity contribution in [2.45, 2.75) is 33.2 Å². The summed E-state index contributed by atoms with van der Waals surface area (Å²) in [5.41, 5.74) is 10.9. The van der Waals surface area contributed by atoms with Gasteiger partial charge >= 0.3 is 0 Å². The van der Waals surface area contributed by atoms with Crippen molar-refractivity contribution in [2.75, 3.05) is 0 Å². The average Bonchev–Trinajstić information content (AvgIpc) is 2.50. The fourth-order valence-corrected chi connectivity index (χ4v) is 0.932. The van der Waals surface area contributed by atoms with Gasteiger partial charge in [0, 0.05) is 12.5 Å². The molecule has 4 N–H and O–H groups in total. The number of hydrogen-bond acceptors (Lipinski definition) is 5. The highest BCUT2D eigenvalue weighted by Gasteiger charge is 2.23. The Bertz CT molecular complexity index is 353. The maximum Gasteiger partial charge on any atom is 0.290 e. The van der Waals surface area contributed by atoms with Crippen LogP contribution < -0.4 is 11.5 Å². The summed E-state index contributed by atoms with van der Waals surface area (Å²) in [6.45, 7) is 6.05. The van der Waals surface area contributed by atoms with Crippen LogP contribution in [0.2, 0.25) is 0 Å². The molecule has 1 rings (SSSR count). The highest BCUT2D eigenvalue weighted by molar-refractivity contribution is 5.88. The van der Waals surface area contributed by atoms with E-state index in [9.17, 15) is 4.79 Å². The second-order valence-corrected chi connectivity index (χ2v) is 4.55. The van der Waals surface area contributed by atoms with E-state index < -0.39 is 5.91 Å². The van der Waals surface area contributed by atoms with Gasteiger partial charge in [-0.1, -0.05) is 25.9 Å². The van der Waals surface area contributed by atoms with E-state index in [1.165, 1.54) is 0 Å². The number of hydrogen-bond donors (Lipinski definition) is 2. The normalized spacial score (nSPS) is 13.9. The molecule has 0 saturated carbocycles. The lowest BCUT2D eigenvalue weighted by Gasteiger charge is -2.25. The van der Waals surface area contributed by atoms with E-state index in [2.05, 4.69) is 10.1 Å². The molecule has 0 saturated heterocycles. The molecule has 1 aromatic heterocycles. The van der Waals surface area contributed by atoms with Crippen LogP contribution in [0.3, 0.4) is 0 Å². The highest BCUT2D eigenvalue weighted by atomic mass is 16.5. The van der Waals surface area contributed by atoms with Gasteiger partial charge in [0.1, 0.15) is 0 Å². The summed E-state index contributed by atoms with van der Waals surface area (Å²) >= 11 is 0. The zero-order valence-electron chi connectivity index (χ0n) is 9.15. The maximum absolute atomic E-state index is 10.7. The third kappa shape index (κ3) is 3.02. The van der Waals surface area contributed by atoms with Crippen molar-refractivity contribution >= 4 is 5.91 Å². The van der Waals surface area contributed by atoms with Gasteiger partial charge in [0.25, 0.3) is 11.7 Å². The first-order chi connectivity index (χ1) is 6.80. The summed E-state index contributed by atoms with van der Waals surface area (Å²) in [7, 11) is 0. The van der Waals surface area contributed by atoms with Gasteiger partial charge in [-0.05, 0) is 5.41 Å². The van der Waals surface area contributed by atoms with E-state index in [-0.39, 0.29) is 17.3 Å². The molecule has 84 valence electrons. The SMILES string of the molecule is CC(C)(C)C(N)Cc1nc(C(N)=O)no1. The van der Waals surface area contributed by atoms with Crippen LogP contribution in [-0.2, 0) is 6.42 Å². The number of carbonyl (C=O) groups excluding carboxylic acids is 1. The number of amides is 1. The molecule has 6 nitrogen and oxygen atoms in total. The first-order valence-electron chi connectivity index (χ1n) is 4.68. The third-order valence-corrected chi connectivity index (χ3v) is 2.20. The molecule has 0 aliphatic heterocycles. The summed E-state index contributed by atoms with van der Waals surface area (Å²) in [6.07, 6.45) is 0.434. The molecule has 0 radical (unpaired) electrons. The Morgan fingerprint density at radius 2 is 2.13 bits per heavy atom. The molecule has 1 atom stereocenters. The van der Waals surface area contributed by atoms with Gasteiger partial charge < -0.3 is 16.0 Å². The largest absolute Gasteiger partial charge is 0.363 e. The Hall–Kier alpha value is -1.43. The van der Waals surface area contributed by atoms with Crippen molar-refractivity contribution in [1.82, 2.24) is 10.1 Å². The van der Waals surface area contributed by atoms with Crippen LogP contribution >= 0.6 is 0 Å². The number of aromatic nitrogens is 2. The molecule has 15 heavy (non-hydrogen) atoms. The quantitative estimate of drug-likeness (QED) is 0.737. The van der Waals surface area contributed by atoms with Gasteiger partial charge in [0.05, 0.1) is 0 Å². The summed E-state index contributed by atoms with van der Waals surface area (Å²) in [5, 5.41) is 3.43. The number of carbonyl (C=O) groups is 1. The molecular weight excluding hydrogens is 196 g/mol. The molecule has 1 aromatic rings. The zero-order valence-corrected chi connectivity index (χ0v) is 9.15. The molecule has 6 heteroatoms. The van der Waals surface area contributed by atoms with Gasteiger partial charge in [-0.15, -0.1) is 0 Å². The van der Waals surface area contributed by atoms with Gasteiger partial charge in [-0.25, -0.2) is 0 Å². The minimum atomic E-state index is -0.700. The predicted molar refractivity (Wildman–Crippen MR) is 54.0 cm³/mol. The summed E-state index contributed by atoms with van der Waals surface area (Å²) < 4.78 is 4.85. The average molecular weight is 212 g/mol. The summed E-state index contributed by atoms with van der Waals surface area (Å²) in [6, 6.07) is -0.112. The van der Waals surface area contributed by atoms with Crippen LogP contribution in [0.1, 0.15) is 37.3 Å². The van der Waals surface area contributed by atoms with Gasteiger partial charge in [-0.2, -0.15) is 4.98 Å². The topological polar surface area (TPSA) is 108 Å². The van der Waals surface area contributed by atoms with Crippen LogP contribution in [-0.4, -0.2) is 22.1 Å². The Kier molecular flexibility index (Phi) is 3.09. The van der Waals surface area contributed by atoms with E-state index in [1.54, 1.807) is 0 Å². The molecule has 0 aliphatic carbocycles. The van der Waals surface area contributed by atoms with Gasteiger partial charge in [-0.3, -0.25) is 4.79 Å². The van der Waals surface area contributed by atoms with Crippen molar-refractivity contribution in [3.63, 3.8) is 0 Å². The summed E-state index contributed by atoms with van der Waals surface area (Å²) in [5.74, 6) is -0.466. The minimum Gasteiger partial charge on any atom is -0.363 e. The van der Waals surface area contributed by atoms with Crippen molar-refractivity contribution in [3.8, 4) is 0 Å². The third-order valence-electron chi connectivity index (χ3n) is 2.20. The second kappa shape index (κ2) is 3.98. The van der Waals surface area contributed by atoms with Crippen molar-refractivity contribution < 1.29 is 9.32 Å². The van der Waals surface area contributed by atoms with Crippen LogP contribution in [0.25, 0.3) is 0 Å². The monoisotopic (exact) mass is 212 g/mol. The lowest BCUT2D eigenvalue weighted by atomic mass is 9.85. The molecular formula is C9H16N4O2. The second-order valence-electron chi connectivity index (χ2n) is 4.55. The summed E-state index contributed by atoms with van der Waals surface area (Å²) in [4.78, 5) is 14.5.